The predicted molar refractivity (Wildman–Crippen MR) is 45.3 cm³/mol. The van der Waals surface area contributed by atoms with Gasteiger partial charge in [-0.15, -0.1) is 23.2 Å². The number of carbonyl (C=O) groups excluding carboxylic acids is 2. The SMILES string of the molecule is CC(=O)C(Cl)CC(Cl)C(C)=O. The highest BCUT2D eigenvalue weighted by molar-refractivity contribution is 6.34. The summed E-state index contributed by atoms with van der Waals surface area (Å²) < 4.78 is 0. The van der Waals surface area contributed by atoms with E-state index in [9.17, 15) is 9.59 Å². The molecule has 0 aromatic carbocycles. The molecule has 0 radical (unpaired) electrons. The van der Waals surface area contributed by atoms with E-state index in [0.29, 0.717) is 0 Å². The first-order valence-electron chi connectivity index (χ1n) is 3.24. The minimum atomic E-state index is -0.638. The van der Waals surface area contributed by atoms with Crippen LogP contribution in [-0.4, -0.2) is 22.3 Å². The first kappa shape index (κ1) is 10.9. The molecule has 0 fully saturated rings. The molecule has 2 atom stereocenters. The number of alkyl halides is 2. The highest BCUT2D eigenvalue weighted by Gasteiger charge is 2.18. The molecule has 0 heterocycles. The molecule has 0 bridgehead atoms. The van der Waals surface area contributed by atoms with Crippen molar-refractivity contribution in [3.8, 4) is 0 Å². The maximum Gasteiger partial charge on any atom is 0.147 e. The van der Waals surface area contributed by atoms with Gasteiger partial charge in [-0.1, -0.05) is 0 Å². The van der Waals surface area contributed by atoms with Crippen molar-refractivity contribution in [2.45, 2.75) is 31.0 Å². The molecule has 2 nitrogen and oxygen atoms in total. The van der Waals surface area contributed by atoms with Crippen molar-refractivity contribution in [3.63, 3.8) is 0 Å². The fourth-order valence-electron chi connectivity index (χ4n) is 0.514. The van der Waals surface area contributed by atoms with Gasteiger partial charge in [0.15, 0.2) is 0 Å². The fraction of sp³-hybridized carbons (Fsp3) is 0.714. The van der Waals surface area contributed by atoms with Gasteiger partial charge >= 0.3 is 0 Å². The summed E-state index contributed by atoms with van der Waals surface area (Å²) in [5, 5.41) is -1.28. The lowest BCUT2D eigenvalue weighted by atomic mass is 10.1. The molecular formula is C7H10Cl2O2. The van der Waals surface area contributed by atoms with Gasteiger partial charge < -0.3 is 0 Å². The van der Waals surface area contributed by atoms with Crippen molar-refractivity contribution in [3.05, 3.63) is 0 Å². The van der Waals surface area contributed by atoms with Crippen molar-refractivity contribution in [1.29, 1.82) is 0 Å². The Morgan fingerprint density at radius 3 is 1.55 bits per heavy atom. The first-order chi connectivity index (χ1) is 4.95. The third kappa shape index (κ3) is 4.38. The summed E-state index contributed by atoms with van der Waals surface area (Å²) in [5.41, 5.74) is 0. The molecule has 0 aromatic rings. The van der Waals surface area contributed by atoms with Crippen LogP contribution in [0.4, 0.5) is 0 Å². The van der Waals surface area contributed by atoms with E-state index in [-0.39, 0.29) is 18.0 Å². The van der Waals surface area contributed by atoms with Gasteiger partial charge in [0.05, 0.1) is 10.8 Å². The summed E-state index contributed by atoms with van der Waals surface area (Å²) in [6.45, 7) is 2.75. The molecule has 0 saturated heterocycles. The first-order valence-corrected chi connectivity index (χ1v) is 4.11. The van der Waals surface area contributed by atoms with Gasteiger partial charge in [-0.25, -0.2) is 0 Å². The molecule has 0 aliphatic rings. The summed E-state index contributed by atoms with van der Waals surface area (Å²) in [7, 11) is 0. The van der Waals surface area contributed by atoms with E-state index < -0.39 is 10.8 Å². The standard InChI is InChI=1S/C7H10Cl2O2/c1-4(10)6(8)3-7(9)5(2)11/h6-7H,3H2,1-2H3. The third-order valence-electron chi connectivity index (χ3n) is 1.30. The van der Waals surface area contributed by atoms with Crippen molar-refractivity contribution < 1.29 is 9.59 Å². The average Bonchev–Trinajstić information content (AvgIpc) is 1.87. The maximum atomic E-state index is 10.6. The van der Waals surface area contributed by atoms with E-state index in [1.807, 2.05) is 0 Å². The van der Waals surface area contributed by atoms with Gasteiger partial charge in [0.2, 0.25) is 0 Å². The quantitative estimate of drug-likeness (QED) is 0.643. The number of rotatable bonds is 4. The second-order valence-corrected chi connectivity index (χ2v) is 3.45. The Labute approximate surface area is 75.9 Å². The van der Waals surface area contributed by atoms with Crippen molar-refractivity contribution in [1.82, 2.24) is 0 Å². The summed E-state index contributed by atoms with van der Waals surface area (Å²) in [4.78, 5) is 21.2. The number of halogens is 2. The molecule has 64 valence electrons. The molecular weight excluding hydrogens is 187 g/mol. The predicted octanol–water partition coefficient (Wildman–Crippen LogP) is 1.77. The van der Waals surface area contributed by atoms with Crippen LogP contribution >= 0.6 is 23.2 Å². The highest BCUT2D eigenvalue weighted by atomic mass is 35.5. The van der Waals surface area contributed by atoms with E-state index in [0.717, 1.165) is 0 Å². The Hall–Kier alpha value is -0.0800. The van der Waals surface area contributed by atoms with Crippen LogP contribution in [0.1, 0.15) is 20.3 Å². The zero-order chi connectivity index (χ0) is 9.02. The second kappa shape index (κ2) is 4.73. The van der Waals surface area contributed by atoms with Crippen molar-refractivity contribution >= 4 is 34.8 Å². The average molecular weight is 197 g/mol. The van der Waals surface area contributed by atoms with E-state index in [4.69, 9.17) is 23.2 Å². The molecule has 0 aliphatic heterocycles. The van der Waals surface area contributed by atoms with E-state index >= 15 is 0 Å². The minimum absolute atomic E-state index is 0.154. The third-order valence-corrected chi connectivity index (χ3v) is 2.27. The monoisotopic (exact) mass is 196 g/mol. The molecule has 0 aromatic heterocycles. The maximum absolute atomic E-state index is 10.6. The minimum Gasteiger partial charge on any atom is -0.298 e. The largest absolute Gasteiger partial charge is 0.298 e. The second-order valence-electron chi connectivity index (χ2n) is 2.39. The Morgan fingerprint density at radius 1 is 1.09 bits per heavy atom. The number of Topliss-reactive ketones (excluding diaryl/α,β-unsaturated/α-hetero) is 2. The molecule has 2 unspecified atom stereocenters. The molecule has 0 spiro atoms. The lowest BCUT2D eigenvalue weighted by Crippen LogP contribution is -2.20. The van der Waals surface area contributed by atoms with E-state index in [1.165, 1.54) is 13.8 Å². The molecule has 4 heteroatoms. The van der Waals surface area contributed by atoms with Crippen LogP contribution in [0, 0.1) is 0 Å². The molecule has 0 amide bonds. The van der Waals surface area contributed by atoms with Gasteiger partial charge in [0, 0.05) is 0 Å². The Bertz CT molecular complexity index is 150. The van der Waals surface area contributed by atoms with Crippen molar-refractivity contribution in [2.24, 2.45) is 0 Å². The number of hydrogen-bond acceptors (Lipinski definition) is 2. The Morgan fingerprint density at radius 2 is 1.36 bits per heavy atom. The van der Waals surface area contributed by atoms with Crippen molar-refractivity contribution in [2.75, 3.05) is 0 Å². The summed E-state index contributed by atoms with van der Waals surface area (Å²) in [5.74, 6) is -0.308. The lowest BCUT2D eigenvalue weighted by molar-refractivity contribution is -0.117. The van der Waals surface area contributed by atoms with Gasteiger partial charge in [0.1, 0.15) is 11.6 Å². The number of carbonyl (C=O) groups is 2. The molecule has 0 saturated carbocycles. The highest BCUT2D eigenvalue weighted by Crippen LogP contribution is 2.12. The van der Waals surface area contributed by atoms with Crippen LogP contribution in [0.3, 0.4) is 0 Å². The van der Waals surface area contributed by atoms with Gasteiger partial charge in [-0.3, -0.25) is 9.59 Å². The Balaban J connectivity index is 3.84. The topological polar surface area (TPSA) is 34.1 Å². The van der Waals surface area contributed by atoms with Crippen LogP contribution in [0.25, 0.3) is 0 Å². The lowest BCUT2D eigenvalue weighted by Gasteiger charge is -2.07. The van der Waals surface area contributed by atoms with Crippen LogP contribution in [0.5, 0.6) is 0 Å². The van der Waals surface area contributed by atoms with Crippen LogP contribution in [-0.2, 0) is 9.59 Å². The van der Waals surface area contributed by atoms with Gasteiger partial charge in [-0.05, 0) is 20.3 Å². The summed E-state index contributed by atoms with van der Waals surface area (Å²) in [6.07, 6.45) is 0.216. The Kier molecular flexibility index (Phi) is 4.69. The van der Waals surface area contributed by atoms with E-state index in [2.05, 4.69) is 0 Å². The van der Waals surface area contributed by atoms with Gasteiger partial charge in [-0.2, -0.15) is 0 Å². The molecule has 0 aliphatic carbocycles. The zero-order valence-electron chi connectivity index (χ0n) is 6.43. The van der Waals surface area contributed by atoms with Crippen LogP contribution < -0.4 is 0 Å². The number of hydrogen-bond donors (Lipinski definition) is 0. The van der Waals surface area contributed by atoms with E-state index in [1.54, 1.807) is 0 Å². The van der Waals surface area contributed by atoms with Gasteiger partial charge in [0.25, 0.3) is 0 Å². The number of ketones is 2. The smallest absolute Gasteiger partial charge is 0.147 e. The zero-order valence-corrected chi connectivity index (χ0v) is 7.95. The van der Waals surface area contributed by atoms with Crippen LogP contribution in [0.2, 0.25) is 0 Å². The molecule has 11 heavy (non-hydrogen) atoms. The molecule has 0 rings (SSSR count). The fourth-order valence-corrected chi connectivity index (χ4v) is 0.961. The summed E-state index contributed by atoms with van der Waals surface area (Å²) in [6, 6.07) is 0. The molecule has 0 N–H and O–H groups in total. The van der Waals surface area contributed by atoms with Crippen LogP contribution in [0.15, 0.2) is 0 Å². The normalized spacial score (nSPS) is 15.6. The summed E-state index contributed by atoms with van der Waals surface area (Å²) >= 11 is 11.1.